The second kappa shape index (κ2) is 12.2. The lowest BCUT2D eigenvalue weighted by atomic mass is 10.2. The molecule has 8 heteroatoms. The fourth-order valence-corrected chi connectivity index (χ4v) is 4.61. The number of carbonyl (C=O) groups is 1. The molecule has 0 saturated carbocycles. The van der Waals surface area contributed by atoms with Crippen molar-refractivity contribution >= 4 is 21.6 Å². The third kappa shape index (κ3) is 7.07. The van der Waals surface area contributed by atoms with Crippen molar-refractivity contribution in [3.05, 3.63) is 84.4 Å². The molecule has 0 atom stereocenters. The van der Waals surface area contributed by atoms with Gasteiger partial charge in [0, 0.05) is 19.8 Å². The molecule has 0 fully saturated rings. The predicted molar refractivity (Wildman–Crippen MR) is 133 cm³/mol. The SMILES string of the molecule is CCOCCCNC(=O)CN(c1ccc(Oc2ccccc2)cc1)S(=O)(=O)c1ccc(C)cc1. The van der Waals surface area contributed by atoms with E-state index in [1.165, 1.54) is 0 Å². The summed E-state index contributed by atoms with van der Waals surface area (Å²) in [5, 5.41) is 2.77. The first-order valence-electron chi connectivity index (χ1n) is 11.2. The summed E-state index contributed by atoms with van der Waals surface area (Å²) in [5.74, 6) is 0.839. The lowest BCUT2D eigenvalue weighted by Crippen LogP contribution is -2.41. The minimum atomic E-state index is -3.97. The van der Waals surface area contributed by atoms with Crippen LogP contribution in [0.4, 0.5) is 5.69 Å². The van der Waals surface area contributed by atoms with E-state index in [0.717, 1.165) is 9.87 Å². The van der Waals surface area contributed by atoms with Gasteiger partial charge in [-0.3, -0.25) is 9.10 Å². The van der Waals surface area contributed by atoms with E-state index in [1.54, 1.807) is 48.5 Å². The highest BCUT2D eigenvalue weighted by Crippen LogP contribution is 2.28. The van der Waals surface area contributed by atoms with Gasteiger partial charge in [-0.1, -0.05) is 35.9 Å². The number of aryl methyl sites for hydroxylation is 1. The highest BCUT2D eigenvalue weighted by molar-refractivity contribution is 7.92. The van der Waals surface area contributed by atoms with Crippen LogP contribution in [0, 0.1) is 6.92 Å². The first-order chi connectivity index (χ1) is 16.4. The molecular weight excluding hydrogens is 452 g/mol. The number of sulfonamides is 1. The molecule has 34 heavy (non-hydrogen) atoms. The average molecular weight is 483 g/mol. The van der Waals surface area contributed by atoms with Crippen LogP contribution in [-0.4, -0.2) is 40.6 Å². The number of hydrogen-bond acceptors (Lipinski definition) is 5. The summed E-state index contributed by atoms with van der Waals surface area (Å²) in [6.45, 7) is 4.99. The number of hydrogen-bond donors (Lipinski definition) is 1. The number of anilines is 1. The van der Waals surface area contributed by atoms with E-state index in [9.17, 15) is 13.2 Å². The Kier molecular flexibility index (Phi) is 9.07. The number of para-hydroxylation sites is 1. The standard InChI is InChI=1S/C26H30N2O5S/c1-3-32-19-7-18-27-26(29)20-28(34(30,31)25-16-10-21(2)11-17-25)22-12-14-24(15-13-22)33-23-8-5-4-6-9-23/h4-6,8-17H,3,7,18-20H2,1-2H3,(H,27,29). The van der Waals surface area contributed by atoms with Crippen molar-refractivity contribution in [3.8, 4) is 11.5 Å². The van der Waals surface area contributed by atoms with E-state index in [1.807, 2.05) is 44.2 Å². The van der Waals surface area contributed by atoms with Crippen molar-refractivity contribution in [3.63, 3.8) is 0 Å². The quantitative estimate of drug-likeness (QED) is 0.384. The largest absolute Gasteiger partial charge is 0.457 e. The summed E-state index contributed by atoms with van der Waals surface area (Å²) in [7, 11) is -3.97. The molecule has 0 saturated heterocycles. The molecule has 0 bridgehead atoms. The second-order valence-corrected chi connectivity index (χ2v) is 9.50. The topological polar surface area (TPSA) is 84.9 Å². The number of ether oxygens (including phenoxy) is 2. The van der Waals surface area contributed by atoms with Gasteiger partial charge in [-0.05, 0) is 68.8 Å². The molecule has 3 aromatic rings. The molecule has 0 unspecified atom stereocenters. The Balaban J connectivity index is 1.81. The molecule has 3 rings (SSSR count). The Morgan fingerprint density at radius 2 is 1.56 bits per heavy atom. The maximum absolute atomic E-state index is 13.5. The van der Waals surface area contributed by atoms with Gasteiger partial charge in [0.05, 0.1) is 10.6 Å². The minimum absolute atomic E-state index is 0.117. The van der Waals surface area contributed by atoms with Gasteiger partial charge in [0.1, 0.15) is 18.0 Å². The zero-order valence-corrected chi connectivity index (χ0v) is 20.3. The summed E-state index contributed by atoms with van der Waals surface area (Å²) < 4.78 is 39.1. The maximum Gasteiger partial charge on any atom is 0.264 e. The number of amides is 1. The summed E-state index contributed by atoms with van der Waals surface area (Å²) in [5.41, 5.74) is 1.31. The summed E-state index contributed by atoms with van der Waals surface area (Å²) >= 11 is 0. The van der Waals surface area contributed by atoms with E-state index in [0.29, 0.717) is 43.4 Å². The number of rotatable bonds is 12. The van der Waals surface area contributed by atoms with E-state index in [-0.39, 0.29) is 11.4 Å². The van der Waals surface area contributed by atoms with E-state index in [2.05, 4.69) is 5.32 Å². The zero-order chi connectivity index (χ0) is 24.4. The van der Waals surface area contributed by atoms with E-state index in [4.69, 9.17) is 9.47 Å². The molecule has 3 aromatic carbocycles. The molecule has 180 valence electrons. The van der Waals surface area contributed by atoms with Crippen LogP contribution >= 0.6 is 0 Å². The van der Waals surface area contributed by atoms with Gasteiger partial charge in [-0.15, -0.1) is 0 Å². The van der Waals surface area contributed by atoms with Gasteiger partial charge in [-0.25, -0.2) is 8.42 Å². The molecule has 7 nitrogen and oxygen atoms in total. The summed E-state index contributed by atoms with van der Waals surface area (Å²) in [4.78, 5) is 12.7. The first kappa shape index (κ1) is 25.3. The Bertz CT molecular complexity index is 1150. The monoisotopic (exact) mass is 482 g/mol. The number of benzene rings is 3. The molecule has 1 N–H and O–H groups in total. The van der Waals surface area contributed by atoms with Crippen LogP contribution in [0.15, 0.2) is 83.8 Å². The van der Waals surface area contributed by atoms with Crippen LogP contribution in [0.1, 0.15) is 18.9 Å². The Morgan fingerprint density at radius 1 is 0.912 bits per heavy atom. The molecule has 0 aliphatic rings. The smallest absolute Gasteiger partial charge is 0.264 e. The molecule has 1 amide bonds. The molecule has 0 spiro atoms. The third-order valence-electron chi connectivity index (χ3n) is 4.99. The van der Waals surface area contributed by atoms with Crippen LogP contribution in [0.25, 0.3) is 0 Å². The normalized spacial score (nSPS) is 11.1. The van der Waals surface area contributed by atoms with Crippen LogP contribution in [0.3, 0.4) is 0 Å². The molecule has 0 aromatic heterocycles. The highest BCUT2D eigenvalue weighted by atomic mass is 32.2. The lowest BCUT2D eigenvalue weighted by molar-refractivity contribution is -0.119. The molecule has 0 aliphatic carbocycles. The van der Waals surface area contributed by atoms with Crippen molar-refractivity contribution < 1.29 is 22.7 Å². The van der Waals surface area contributed by atoms with Crippen LogP contribution < -0.4 is 14.4 Å². The average Bonchev–Trinajstić information content (AvgIpc) is 2.84. The van der Waals surface area contributed by atoms with Crippen LogP contribution in [-0.2, 0) is 19.6 Å². The van der Waals surface area contributed by atoms with Crippen molar-refractivity contribution in [1.82, 2.24) is 5.32 Å². The fraction of sp³-hybridized carbons (Fsp3) is 0.269. The first-order valence-corrected chi connectivity index (χ1v) is 12.6. The van der Waals surface area contributed by atoms with Crippen LogP contribution in [0.5, 0.6) is 11.5 Å². The Labute approximate surface area is 201 Å². The number of nitrogens with one attached hydrogen (secondary N) is 1. The van der Waals surface area contributed by atoms with Gasteiger partial charge in [0.25, 0.3) is 10.0 Å². The van der Waals surface area contributed by atoms with Gasteiger partial charge in [0.2, 0.25) is 5.91 Å². The number of carbonyl (C=O) groups excluding carboxylic acids is 1. The number of nitrogens with zero attached hydrogens (tertiary/aromatic N) is 1. The molecule has 0 aliphatic heterocycles. The van der Waals surface area contributed by atoms with Crippen molar-refractivity contribution in [1.29, 1.82) is 0 Å². The van der Waals surface area contributed by atoms with Gasteiger partial charge < -0.3 is 14.8 Å². The zero-order valence-electron chi connectivity index (χ0n) is 19.4. The Morgan fingerprint density at radius 3 is 2.21 bits per heavy atom. The van der Waals surface area contributed by atoms with Crippen molar-refractivity contribution in [2.75, 3.05) is 30.6 Å². The van der Waals surface area contributed by atoms with Crippen molar-refractivity contribution in [2.45, 2.75) is 25.2 Å². The molecule has 0 radical (unpaired) electrons. The van der Waals surface area contributed by atoms with Gasteiger partial charge >= 0.3 is 0 Å². The van der Waals surface area contributed by atoms with Gasteiger partial charge in [-0.2, -0.15) is 0 Å². The lowest BCUT2D eigenvalue weighted by Gasteiger charge is -2.24. The fourth-order valence-electron chi connectivity index (χ4n) is 3.19. The Hall–Kier alpha value is -3.36. The molecule has 0 heterocycles. The van der Waals surface area contributed by atoms with Crippen molar-refractivity contribution in [2.24, 2.45) is 0 Å². The van der Waals surface area contributed by atoms with E-state index < -0.39 is 15.9 Å². The van der Waals surface area contributed by atoms with Crippen LogP contribution in [0.2, 0.25) is 0 Å². The summed E-state index contributed by atoms with van der Waals surface area (Å²) in [6, 6.07) is 22.5. The van der Waals surface area contributed by atoms with Gasteiger partial charge in [0.15, 0.2) is 0 Å². The predicted octanol–water partition coefficient (Wildman–Crippen LogP) is 4.53. The second-order valence-electron chi connectivity index (χ2n) is 7.63. The highest BCUT2D eigenvalue weighted by Gasteiger charge is 2.27. The summed E-state index contributed by atoms with van der Waals surface area (Å²) in [6.07, 6.45) is 0.649. The third-order valence-corrected chi connectivity index (χ3v) is 6.78. The molecular formula is C26H30N2O5S. The minimum Gasteiger partial charge on any atom is -0.457 e. The maximum atomic E-state index is 13.5. The van der Waals surface area contributed by atoms with E-state index >= 15 is 0 Å².